The minimum Gasteiger partial charge on any atom is -0.375 e. The fourth-order valence-corrected chi connectivity index (χ4v) is 2.49. The highest BCUT2D eigenvalue weighted by Crippen LogP contribution is 2.24. The van der Waals surface area contributed by atoms with E-state index in [0.717, 1.165) is 12.8 Å². The van der Waals surface area contributed by atoms with Crippen molar-refractivity contribution in [2.75, 3.05) is 6.61 Å². The summed E-state index contributed by atoms with van der Waals surface area (Å²) in [5.74, 6) is -0.126. The van der Waals surface area contributed by atoms with Gasteiger partial charge in [-0.15, -0.1) is 0 Å². The van der Waals surface area contributed by atoms with Crippen LogP contribution >= 0.6 is 15.9 Å². The van der Waals surface area contributed by atoms with E-state index in [1.54, 1.807) is 18.2 Å². The summed E-state index contributed by atoms with van der Waals surface area (Å²) in [5.41, 5.74) is 0.273. The summed E-state index contributed by atoms with van der Waals surface area (Å²) < 4.78 is 6.30. The Morgan fingerprint density at radius 2 is 2.33 bits per heavy atom. The summed E-state index contributed by atoms with van der Waals surface area (Å²) in [7, 11) is 0. The second kappa shape index (κ2) is 5.36. The molecule has 1 aliphatic heterocycles. The largest absolute Gasteiger partial charge is 0.375 e. The van der Waals surface area contributed by atoms with Gasteiger partial charge in [0.25, 0.3) is 5.91 Å². The standard InChI is InChI=1S/C13H17BrN2O2/c1-13(2)8-9(6-7-18-13)15-12(17)10-4-3-5-11(14)16-10/h3-5,9H,6-8H2,1-2H3,(H,15,17). The highest BCUT2D eigenvalue weighted by atomic mass is 79.9. The molecule has 4 nitrogen and oxygen atoms in total. The molecule has 18 heavy (non-hydrogen) atoms. The zero-order chi connectivity index (χ0) is 13.2. The molecule has 5 heteroatoms. The van der Waals surface area contributed by atoms with E-state index in [9.17, 15) is 4.79 Å². The zero-order valence-electron chi connectivity index (χ0n) is 10.6. The first kappa shape index (κ1) is 13.5. The van der Waals surface area contributed by atoms with Crippen molar-refractivity contribution in [3.63, 3.8) is 0 Å². The third-order valence-electron chi connectivity index (χ3n) is 2.98. The van der Waals surface area contributed by atoms with Crippen molar-refractivity contribution in [1.29, 1.82) is 0 Å². The number of nitrogens with zero attached hydrogens (tertiary/aromatic N) is 1. The molecule has 1 unspecified atom stereocenters. The van der Waals surface area contributed by atoms with Gasteiger partial charge in [0, 0.05) is 12.6 Å². The fraction of sp³-hybridized carbons (Fsp3) is 0.538. The Balaban J connectivity index is 1.99. The van der Waals surface area contributed by atoms with Crippen molar-refractivity contribution >= 4 is 21.8 Å². The summed E-state index contributed by atoms with van der Waals surface area (Å²) in [5, 5.41) is 3.02. The first-order valence-electron chi connectivity index (χ1n) is 6.04. The molecular weight excluding hydrogens is 296 g/mol. The Morgan fingerprint density at radius 1 is 1.56 bits per heavy atom. The molecule has 1 atom stereocenters. The lowest BCUT2D eigenvalue weighted by Gasteiger charge is -2.35. The summed E-state index contributed by atoms with van der Waals surface area (Å²) in [6.45, 7) is 4.77. The lowest BCUT2D eigenvalue weighted by Crippen LogP contribution is -2.45. The van der Waals surface area contributed by atoms with E-state index in [4.69, 9.17) is 4.74 Å². The van der Waals surface area contributed by atoms with Crippen LogP contribution in [0.1, 0.15) is 37.2 Å². The van der Waals surface area contributed by atoms with Gasteiger partial charge in [0.2, 0.25) is 0 Å². The first-order chi connectivity index (χ1) is 8.46. The molecule has 1 fully saturated rings. The van der Waals surface area contributed by atoms with Crippen molar-refractivity contribution in [3.8, 4) is 0 Å². The maximum absolute atomic E-state index is 12.0. The van der Waals surface area contributed by atoms with Crippen LogP contribution in [-0.4, -0.2) is 29.1 Å². The Kier molecular flexibility index (Phi) is 4.02. The molecule has 1 amide bonds. The minimum absolute atomic E-state index is 0.126. The van der Waals surface area contributed by atoms with Crippen LogP contribution in [0.15, 0.2) is 22.8 Å². The Labute approximate surface area is 115 Å². The van der Waals surface area contributed by atoms with Gasteiger partial charge in [-0.2, -0.15) is 0 Å². The van der Waals surface area contributed by atoms with Gasteiger partial charge >= 0.3 is 0 Å². The SMILES string of the molecule is CC1(C)CC(NC(=O)c2cccc(Br)n2)CCO1. The molecular formula is C13H17BrN2O2. The predicted molar refractivity (Wildman–Crippen MR) is 72.5 cm³/mol. The number of hydrogen-bond donors (Lipinski definition) is 1. The van der Waals surface area contributed by atoms with Crippen molar-refractivity contribution in [3.05, 3.63) is 28.5 Å². The van der Waals surface area contributed by atoms with Gasteiger partial charge in [0.05, 0.1) is 5.60 Å². The van der Waals surface area contributed by atoms with Gasteiger partial charge < -0.3 is 10.1 Å². The molecule has 1 saturated heterocycles. The Morgan fingerprint density at radius 3 is 3.00 bits per heavy atom. The van der Waals surface area contributed by atoms with E-state index in [0.29, 0.717) is 16.9 Å². The fourth-order valence-electron chi connectivity index (χ4n) is 2.15. The number of nitrogens with one attached hydrogen (secondary N) is 1. The number of amides is 1. The minimum atomic E-state index is -0.166. The average molecular weight is 313 g/mol. The summed E-state index contributed by atoms with van der Waals surface area (Å²) >= 11 is 3.26. The maximum Gasteiger partial charge on any atom is 0.270 e. The van der Waals surface area contributed by atoms with Crippen molar-refractivity contribution < 1.29 is 9.53 Å². The van der Waals surface area contributed by atoms with Gasteiger partial charge in [-0.25, -0.2) is 4.98 Å². The third kappa shape index (κ3) is 3.53. The van der Waals surface area contributed by atoms with Crippen LogP contribution in [0.25, 0.3) is 0 Å². The molecule has 1 aromatic rings. The second-order valence-electron chi connectivity index (χ2n) is 5.12. The van der Waals surface area contributed by atoms with Crippen LogP contribution in [0.2, 0.25) is 0 Å². The number of aromatic nitrogens is 1. The molecule has 0 spiro atoms. The van der Waals surface area contributed by atoms with Crippen LogP contribution in [0.4, 0.5) is 0 Å². The lowest BCUT2D eigenvalue weighted by atomic mass is 9.94. The molecule has 0 aliphatic carbocycles. The lowest BCUT2D eigenvalue weighted by molar-refractivity contribution is -0.0615. The smallest absolute Gasteiger partial charge is 0.270 e. The molecule has 2 heterocycles. The van der Waals surface area contributed by atoms with E-state index in [1.165, 1.54) is 0 Å². The third-order valence-corrected chi connectivity index (χ3v) is 3.42. The van der Waals surface area contributed by atoms with Crippen LogP contribution < -0.4 is 5.32 Å². The van der Waals surface area contributed by atoms with Crippen molar-refractivity contribution in [2.24, 2.45) is 0 Å². The number of halogens is 1. The average Bonchev–Trinajstić information content (AvgIpc) is 2.27. The normalized spacial score (nSPS) is 22.5. The highest BCUT2D eigenvalue weighted by molar-refractivity contribution is 9.10. The molecule has 0 radical (unpaired) electrons. The number of ether oxygens (including phenoxy) is 1. The van der Waals surface area contributed by atoms with Gasteiger partial charge in [0.15, 0.2) is 0 Å². The van der Waals surface area contributed by atoms with Crippen LogP contribution in [-0.2, 0) is 4.74 Å². The first-order valence-corrected chi connectivity index (χ1v) is 6.83. The molecule has 1 N–H and O–H groups in total. The molecule has 0 bridgehead atoms. The number of pyridine rings is 1. The molecule has 2 rings (SSSR count). The predicted octanol–water partition coefficient (Wildman–Crippen LogP) is 2.53. The highest BCUT2D eigenvalue weighted by Gasteiger charge is 2.29. The molecule has 0 aromatic carbocycles. The van der Waals surface area contributed by atoms with Gasteiger partial charge in [-0.05, 0) is 54.8 Å². The molecule has 1 aromatic heterocycles. The van der Waals surface area contributed by atoms with E-state index in [1.807, 2.05) is 13.8 Å². The van der Waals surface area contributed by atoms with E-state index >= 15 is 0 Å². The summed E-state index contributed by atoms with van der Waals surface area (Å²) in [4.78, 5) is 16.2. The number of carbonyl (C=O) groups is 1. The Hall–Kier alpha value is -0.940. The number of carbonyl (C=O) groups excluding carboxylic acids is 1. The quantitative estimate of drug-likeness (QED) is 0.854. The second-order valence-corrected chi connectivity index (χ2v) is 5.93. The van der Waals surface area contributed by atoms with Crippen molar-refractivity contribution in [2.45, 2.75) is 38.3 Å². The van der Waals surface area contributed by atoms with Crippen LogP contribution in [0.5, 0.6) is 0 Å². The van der Waals surface area contributed by atoms with Crippen molar-refractivity contribution in [1.82, 2.24) is 10.3 Å². The number of hydrogen-bond acceptors (Lipinski definition) is 3. The van der Waals surface area contributed by atoms with E-state index < -0.39 is 0 Å². The zero-order valence-corrected chi connectivity index (χ0v) is 12.2. The van der Waals surface area contributed by atoms with E-state index in [-0.39, 0.29) is 17.6 Å². The van der Waals surface area contributed by atoms with E-state index in [2.05, 4.69) is 26.2 Å². The summed E-state index contributed by atoms with van der Waals surface area (Å²) in [6, 6.07) is 5.47. The van der Waals surface area contributed by atoms with Gasteiger partial charge in [0.1, 0.15) is 10.3 Å². The monoisotopic (exact) mass is 312 g/mol. The van der Waals surface area contributed by atoms with Gasteiger partial charge in [-0.1, -0.05) is 6.07 Å². The topological polar surface area (TPSA) is 51.2 Å². The number of rotatable bonds is 2. The molecule has 98 valence electrons. The van der Waals surface area contributed by atoms with Crippen LogP contribution in [0, 0.1) is 0 Å². The van der Waals surface area contributed by atoms with Gasteiger partial charge in [-0.3, -0.25) is 4.79 Å². The summed E-state index contributed by atoms with van der Waals surface area (Å²) in [6.07, 6.45) is 1.68. The molecule has 1 aliphatic rings. The maximum atomic E-state index is 12.0. The van der Waals surface area contributed by atoms with Crippen LogP contribution in [0.3, 0.4) is 0 Å². The molecule has 0 saturated carbocycles. The Bertz CT molecular complexity index is 448.